The normalized spacial score (nSPS) is 24.2. The number of aliphatic hydroxyl groups is 1. The molecule has 0 unspecified atom stereocenters. The second kappa shape index (κ2) is 10.9. The first-order chi connectivity index (χ1) is 24.9. The smallest absolute Gasteiger partial charge is 0.263 e. The van der Waals surface area contributed by atoms with Crippen LogP contribution in [-0.2, 0) is 15.3 Å². The molecule has 5 atom stereocenters. The lowest BCUT2D eigenvalue weighted by atomic mass is 9.68. The summed E-state index contributed by atoms with van der Waals surface area (Å²) in [6, 6.07) is 25.5. The lowest BCUT2D eigenvalue weighted by Gasteiger charge is -2.35. The summed E-state index contributed by atoms with van der Waals surface area (Å²) in [6.07, 6.45) is 1.29. The highest BCUT2D eigenvalue weighted by molar-refractivity contribution is 6.12. The molecule has 5 aromatic carbocycles. The number of aromatic hydroxyl groups is 7. The highest BCUT2D eigenvalue weighted by atomic mass is 16.6. The Kier molecular flexibility index (Phi) is 6.58. The van der Waals surface area contributed by atoms with Gasteiger partial charge in [-0.15, -0.1) is 0 Å². The van der Waals surface area contributed by atoms with Crippen molar-refractivity contribution in [3.05, 3.63) is 165 Å². The summed E-state index contributed by atoms with van der Waals surface area (Å²) >= 11 is 0. The average molecular weight is 695 g/mol. The molecule has 0 bridgehead atoms. The van der Waals surface area contributed by atoms with Crippen LogP contribution in [0, 0.1) is 5.92 Å². The van der Waals surface area contributed by atoms with Crippen molar-refractivity contribution in [2.24, 2.45) is 5.92 Å². The minimum atomic E-state index is -2.28. The summed E-state index contributed by atoms with van der Waals surface area (Å²) in [7, 11) is 0. The molecule has 0 radical (unpaired) electrons. The molecular formula is C42H30O10. The third kappa shape index (κ3) is 4.44. The van der Waals surface area contributed by atoms with Crippen LogP contribution in [0.4, 0.5) is 0 Å². The van der Waals surface area contributed by atoms with Crippen molar-refractivity contribution in [1.82, 2.24) is 0 Å². The van der Waals surface area contributed by atoms with Crippen molar-refractivity contribution >= 4 is 11.4 Å². The van der Waals surface area contributed by atoms with Crippen LogP contribution < -0.4 is 0 Å². The van der Waals surface area contributed by atoms with Crippen molar-refractivity contribution in [3.8, 4) is 40.2 Å². The fourth-order valence-electron chi connectivity index (χ4n) is 8.86. The number of ketones is 1. The first-order valence-electron chi connectivity index (χ1n) is 16.6. The number of phenolic OH excluding ortho intramolecular Hbond substituents is 7. The van der Waals surface area contributed by atoms with E-state index in [0.29, 0.717) is 39.0 Å². The maximum atomic E-state index is 14.6. The molecule has 0 saturated carbocycles. The van der Waals surface area contributed by atoms with Gasteiger partial charge in [-0.25, -0.2) is 0 Å². The van der Waals surface area contributed by atoms with Gasteiger partial charge in [0.1, 0.15) is 46.0 Å². The molecule has 10 heteroatoms. The fraction of sp³-hybridized carbons (Fsp3) is 0.119. The zero-order chi connectivity index (χ0) is 36.2. The number of phenols is 7. The van der Waals surface area contributed by atoms with Crippen molar-refractivity contribution in [2.45, 2.75) is 23.5 Å². The van der Waals surface area contributed by atoms with Crippen LogP contribution in [0.3, 0.4) is 0 Å². The Labute approximate surface area is 296 Å². The van der Waals surface area contributed by atoms with Gasteiger partial charge in [0.05, 0.1) is 0 Å². The van der Waals surface area contributed by atoms with Crippen LogP contribution in [0.2, 0.25) is 0 Å². The Balaban J connectivity index is 1.46. The van der Waals surface area contributed by atoms with E-state index < -0.39 is 35.2 Å². The molecule has 0 saturated heterocycles. The Hall–Kier alpha value is -6.65. The maximum Gasteiger partial charge on any atom is 0.263 e. The topological polar surface area (TPSA) is 188 Å². The Bertz CT molecular complexity index is 2420. The SMILES string of the molecule is O=C1C=C2O[C@](O)(c3ccc(O)cc3)C3=C2C2=C1[C@H](c1cc(O)cc(O)c1)[C@@H](c1ccc(O)cc1)[C@H]2[C@@H](c1ccc(O)cc1)c1c(O)cc(O)cc13. The van der Waals surface area contributed by atoms with Gasteiger partial charge in [-0.3, -0.25) is 4.79 Å². The lowest BCUT2D eigenvalue weighted by molar-refractivity contribution is -0.124. The second-order valence-electron chi connectivity index (χ2n) is 13.6. The van der Waals surface area contributed by atoms with Gasteiger partial charge in [-0.2, -0.15) is 0 Å². The molecule has 0 fully saturated rings. The monoisotopic (exact) mass is 694 g/mol. The quantitative estimate of drug-likeness (QED) is 0.105. The summed E-state index contributed by atoms with van der Waals surface area (Å²) in [5.74, 6) is -6.80. The van der Waals surface area contributed by atoms with Crippen molar-refractivity contribution < 1.29 is 50.4 Å². The second-order valence-corrected chi connectivity index (χ2v) is 13.6. The van der Waals surface area contributed by atoms with Crippen LogP contribution in [0.25, 0.3) is 5.57 Å². The molecule has 5 aromatic rings. The third-order valence-corrected chi connectivity index (χ3v) is 10.7. The fourth-order valence-corrected chi connectivity index (χ4v) is 8.86. The van der Waals surface area contributed by atoms with E-state index in [1.165, 1.54) is 84.9 Å². The number of benzene rings is 5. The highest BCUT2D eigenvalue weighted by Gasteiger charge is 2.60. The molecular weight excluding hydrogens is 664 g/mol. The molecule has 258 valence electrons. The molecule has 3 aliphatic carbocycles. The summed E-state index contributed by atoms with van der Waals surface area (Å²) in [4.78, 5) is 14.6. The first kappa shape index (κ1) is 31.3. The Morgan fingerprint density at radius 2 is 1.10 bits per heavy atom. The maximum absolute atomic E-state index is 14.6. The number of ether oxygens (including phenoxy) is 1. The average Bonchev–Trinajstić information content (AvgIpc) is 3.55. The molecule has 10 nitrogen and oxygen atoms in total. The van der Waals surface area contributed by atoms with Gasteiger partial charge in [0.2, 0.25) is 0 Å². The van der Waals surface area contributed by atoms with E-state index >= 15 is 0 Å². The molecule has 0 spiro atoms. The molecule has 4 aliphatic rings. The van der Waals surface area contributed by atoms with Crippen LogP contribution >= 0.6 is 0 Å². The van der Waals surface area contributed by atoms with Crippen LogP contribution in [0.15, 0.2) is 132 Å². The summed E-state index contributed by atoms with van der Waals surface area (Å²) in [5, 5.41) is 88.0. The van der Waals surface area contributed by atoms with E-state index in [1.54, 1.807) is 24.3 Å². The van der Waals surface area contributed by atoms with Gasteiger partial charge in [-0.05, 0) is 94.6 Å². The number of hydrogen-bond acceptors (Lipinski definition) is 10. The van der Waals surface area contributed by atoms with Gasteiger partial charge in [0, 0.05) is 69.7 Å². The van der Waals surface area contributed by atoms with E-state index in [1.807, 2.05) is 0 Å². The third-order valence-electron chi connectivity index (χ3n) is 10.7. The predicted octanol–water partition coefficient (Wildman–Crippen LogP) is 6.36. The molecule has 52 heavy (non-hydrogen) atoms. The van der Waals surface area contributed by atoms with Crippen molar-refractivity contribution in [1.29, 1.82) is 0 Å². The number of fused-ring (bicyclic) bond motifs is 2. The van der Waals surface area contributed by atoms with Gasteiger partial charge >= 0.3 is 0 Å². The number of hydrogen-bond donors (Lipinski definition) is 8. The highest BCUT2D eigenvalue weighted by Crippen LogP contribution is 2.69. The standard InChI is InChI=1S/C42H30O10/c43-23-7-1-19(2-8-23)33-35(21-13-26(46)15-27(47)14-21)37-31(50)18-32-38-40(37)39(33)34(20-3-9-24(44)10-4-20)36-29(16-28(48)17-30(36)49)41(38)42(51,52-32)22-5-11-25(45)12-6-22/h1-18,33-35,39,43-49,51H/t33-,34+,35-,39+,42-/m1/s1. The van der Waals surface area contributed by atoms with Crippen molar-refractivity contribution in [2.75, 3.05) is 0 Å². The van der Waals surface area contributed by atoms with Gasteiger partial charge < -0.3 is 45.6 Å². The molecule has 9 rings (SSSR count). The van der Waals surface area contributed by atoms with Gasteiger partial charge in [0.15, 0.2) is 5.78 Å². The van der Waals surface area contributed by atoms with E-state index in [4.69, 9.17) is 4.74 Å². The predicted molar refractivity (Wildman–Crippen MR) is 187 cm³/mol. The summed E-state index contributed by atoms with van der Waals surface area (Å²) in [5.41, 5.74) is 3.80. The Morgan fingerprint density at radius 3 is 1.71 bits per heavy atom. The molecule has 1 heterocycles. The molecule has 0 aromatic heterocycles. The van der Waals surface area contributed by atoms with E-state index in [2.05, 4.69) is 0 Å². The Morgan fingerprint density at radius 1 is 0.538 bits per heavy atom. The molecule has 1 aliphatic heterocycles. The van der Waals surface area contributed by atoms with Crippen LogP contribution in [0.5, 0.6) is 40.2 Å². The number of carbonyl (C=O) groups excluding carboxylic acids is 1. The summed E-state index contributed by atoms with van der Waals surface area (Å²) in [6.45, 7) is 0. The van der Waals surface area contributed by atoms with E-state index in [0.717, 1.165) is 0 Å². The van der Waals surface area contributed by atoms with Crippen LogP contribution in [-0.4, -0.2) is 46.6 Å². The van der Waals surface area contributed by atoms with Crippen LogP contribution in [0.1, 0.15) is 51.1 Å². The first-order valence-corrected chi connectivity index (χ1v) is 16.6. The van der Waals surface area contributed by atoms with E-state index in [-0.39, 0.29) is 62.7 Å². The minimum Gasteiger partial charge on any atom is -0.508 e. The van der Waals surface area contributed by atoms with Crippen molar-refractivity contribution in [3.63, 3.8) is 0 Å². The van der Waals surface area contributed by atoms with E-state index in [9.17, 15) is 45.6 Å². The zero-order valence-electron chi connectivity index (χ0n) is 27.1. The largest absolute Gasteiger partial charge is 0.508 e. The minimum absolute atomic E-state index is 0.00386. The van der Waals surface area contributed by atoms with Gasteiger partial charge in [0.25, 0.3) is 5.79 Å². The zero-order valence-corrected chi connectivity index (χ0v) is 27.1. The number of carbonyl (C=O) groups is 1. The number of allylic oxidation sites excluding steroid dienone is 3. The lowest BCUT2D eigenvalue weighted by Crippen LogP contribution is -2.28. The number of rotatable bonds is 4. The summed E-state index contributed by atoms with van der Waals surface area (Å²) < 4.78 is 6.37. The molecule has 8 N–H and O–H groups in total. The molecule has 0 amide bonds. The van der Waals surface area contributed by atoms with Gasteiger partial charge in [-0.1, -0.05) is 24.3 Å².